The van der Waals surface area contributed by atoms with E-state index >= 15 is 0 Å². The van der Waals surface area contributed by atoms with Crippen LogP contribution < -0.4 is 5.32 Å². The predicted octanol–water partition coefficient (Wildman–Crippen LogP) is 3.88. The second kappa shape index (κ2) is 6.28. The van der Waals surface area contributed by atoms with Crippen molar-refractivity contribution >= 4 is 0 Å². The summed E-state index contributed by atoms with van der Waals surface area (Å²) in [6.07, 6.45) is 5.27. The molecule has 1 aromatic rings. The Morgan fingerprint density at radius 3 is 2.67 bits per heavy atom. The lowest BCUT2D eigenvalue weighted by molar-refractivity contribution is 0.247. The van der Waals surface area contributed by atoms with Gasteiger partial charge in [0.1, 0.15) is 0 Å². The van der Waals surface area contributed by atoms with E-state index in [0.29, 0.717) is 6.54 Å². The van der Waals surface area contributed by atoms with E-state index in [-0.39, 0.29) is 0 Å². The van der Waals surface area contributed by atoms with Crippen LogP contribution in [-0.2, 0) is 6.54 Å². The standard InChI is InChI=1S/C15H21F2N/c1-11-4-2-3-5-13(11)10-18-9-12-6-7-14(16)15(17)8-12/h6-8,11,13,18H,2-5,9-10H2,1H3. The first-order valence-corrected chi connectivity index (χ1v) is 6.81. The van der Waals surface area contributed by atoms with Gasteiger partial charge in [-0.3, -0.25) is 0 Å². The first-order chi connectivity index (χ1) is 8.66. The summed E-state index contributed by atoms with van der Waals surface area (Å²) >= 11 is 0. The number of hydrogen-bond donors (Lipinski definition) is 1. The van der Waals surface area contributed by atoms with E-state index < -0.39 is 11.6 Å². The summed E-state index contributed by atoms with van der Waals surface area (Å²) in [7, 11) is 0. The molecule has 0 amide bonds. The molecule has 1 aromatic carbocycles. The Bertz CT molecular complexity index is 392. The van der Waals surface area contributed by atoms with Crippen LogP contribution in [0.3, 0.4) is 0 Å². The van der Waals surface area contributed by atoms with Crippen molar-refractivity contribution in [1.29, 1.82) is 0 Å². The van der Waals surface area contributed by atoms with Crippen molar-refractivity contribution in [2.75, 3.05) is 6.54 Å². The maximum atomic E-state index is 13.0. The third-order valence-corrected chi connectivity index (χ3v) is 4.01. The summed E-state index contributed by atoms with van der Waals surface area (Å²) in [6, 6.07) is 4.10. The first kappa shape index (κ1) is 13.5. The molecule has 0 aromatic heterocycles. The smallest absolute Gasteiger partial charge is 0.159 e. The minimum absolute atomic E-state index is 0.612. The molecule has 1 nitrogen and oxygen atoms in total. The zero-order chi connectivity index (χ0) is 13.0. The van der Waals surface area contributed by atoms with Crippen molar-refractivity contribution in [1.82, 2.24) is 5.32 Å². The molecule has 0 bridgehead atoms. The fraction of sp³-hybridized carbons (Fsp3) is 0.600. The Balaban J connectivity index is 1.79. The highest BCUT2D eigenvalue weighted by molar-refractivity contribution is 5.17. The molecule has 0 radical (unpaired) electrons. The highest BCUT2D eigenvalue weighted by Gasteiger charge is 2.20. The Morgan fingerprint density at radius 1 is 1.17 bits per heavy atom. The minimum Gasteiger partial charge on any atom is -0.312 e. The molecule has 1 N–H and O–H groups in total. The summed E-state index contributed by atoms with van der Waals surface area (Å²) in [5.74, 6) is -0.0414. The summed E-state index contributed by atoms with van der Waals surface area (Å²) in [6.45, 7) is 3.89. The molecule has 0 aliphatic heterocycles. The topological polar surface area (TPSA) is 12.0 Å². The molecule has 0 spiro atoms. The average Bonchev–Trinajstić information content (AvgIpc) is 2.36. The lowest BCUT2D eigenvalue weighted by Crippen LogP contribution is -2.29. The highest BCUT2D eigenvalue weighted by Crippen LogP contribution is 2.28. The number of benzene rings is 1. The number of rotatable bonds is 4. The van der Waals surface area contributed by atoms with Crippen LogP contribution in [0.25, 0.3) is 0 Å². The molecule has 2 unspecified atom stereocenters. The summed E-state index contributed by atoms with van der Waals surface area (Å²) in [5, 5.41) is 3.36. The maximum absolute atomic E-state index is 13.0. The monoisotopic (exact) mass is 253 g/mol. The lowest BCUT2D eigenvalue weighted by Gasteiger charge is -2.28. The van der Waals surface area contributed by atoms with Crippen molar-refractivity contribution in [2.24, 2.45) is 11.8 Å². The van der Waals surface area contributed by atoms with Gasteiger partial charge in [0, 0.05) is 6.54 Å². The van der Waals surface area contributed by atoms with Gasteiger partial charge in [-0.25, -0.2) is 8.78 Å². The zero-order valence-corrected chi connectivity index (χ0v) is 10.9. The molecule has 100 valence electrons. The van der Waals surface area contributed by atoms with E-state index in [4.69, 9.17) is 0 Å². The molecular weight excluding hydrogens is 232 g/mol. The second-order valence-corrected chi connectivity index (χ2v) is 5.40. The third-order valence-electron chi connectivity index (χ3n) is 4.01. The van der Waals surface area contributed by atoms with Gasteiger partial charge in [-0.15, -0.1) is 0 Å². The number of nitrogens with one attached hydrogen (secondary N) is 1. The average molecular weight is 253 g/mol. The molecule has 18 heavy (non-hydrogen) atoms. The predicted molar refractivity (Wildman–Crippen MR) is 69.2 cm³/mol. The van der Waals surface area contributed by atoms with Gasteiger partial charge in [-0.1, -0.05) is 32.3 Å². The van der Waals surface area contributed by atoms with Crippen LogP contribution in [0.5, 0.6) is 0 Å². The molecule has 2 rings (SSSR count). The van der Waals surface area contributed by atoms with Crippen LogP contribution >= 0.6 is 0 Å². The van der Waals surface area contributed by atoms with Crippen molar-refractivity contribution < 1.29 is 8.78 Å². The van der Waals surface area contributed by atoms with Crippen molar-refractivity contribution in [2.45, 2.75) is 39.2 Å². The first-order valence-electron chi connectivity index (χ1n) is 6.81. The van der Waals surface area contributed by atoms with Crippen molar-refractivity contribution in [3.63, 3.8) is 0 Å². The highest BCUT2D eigenvalue weighted by atomic mass is 19.2. The molecule has 1 aliphatic rings. The zero-order valence-electron chi connectivity index (χ0n) is 10.9. The van der Waals surface area contributed by atoms with Crippen LogP contribution in [0.4, 0.5) is 8.78 Å². The Hall–Kier alpha value is -0.960. The van der Waals surface area contributed by atoms with Crippen molar-refractivity contribution in [3.8, 4) is 0 Å². The molecule has 1 aliphatic carbocycles. The van der Waals surface area contributed by atoms with Gasteiger partial charge in [-0.05, 0) is 42.5 Å². The minimum atomic E-state index is -0.778. The quantitative estimate of drug-likeness (QED) is 0.858. The van der Waals surface area contributed by atoms with Gasteiger partial charge in [-0.2, -0.15) is 0 Å². The van der Waals surface area contributed by atoms with Crippen LogP contribution in [0.15, 0.2) is 18.2 Å². The van der Waals surface area contributed by atoms with Crippen LogP contribution in [0.1, 0.15) is 38.2 Å². The summed E-state index contributed by atoms with van der Waals surface area (Å²) in [5.41, 5.74) is 0.803. The lowest BCUT2D eigenvalue weighted by atomic mass is 9.80. The SMILES string of the molecule is CC1CCCCC1CNCc1ccc(F)c(F)c1. The molecule has 3 heteroatoms. The Labute approximate surface area is 108 Å². The van der Waals surface area contributed by atoms with Crippen molar-refractivity contribution in [3.05, 3.63) is 35.4 Å². The van der Waals surface area contributed by atoms with E-state index in [1.54, 1.807) is 6.07 Å². The third kappa shape index (κ3) is 3.52. The van der Waals surface area contributed by atoms with Crippen LogP contribution in [0, 0.1) is 23.5 Å². The fourth-order valence-corrected chi connectivity index (χ4v) is 2.75. The molecule has 0 heterocycles. The van der Waals surface area contributed by atoms with Gasteiger partial charge < -0.3 is 5.32 Å². The Kier molecular flexibility index (Phi) is 4.70. The van der Waals surface area contributed by atoms with E-state index in [1.165, 1.54) is 37.8 Å². The van der Waals surface area contributed by atoms with Gasteiger partial charge in [0.25, 0.3) is 0 Å². The van der Waals surface area contributed by atoms with E-state index in [2.05, 4.69) is 12.2 Å². The molecule has 1 saturated carbocycles. The van der Waals surface area contributed by atoms with Crippen LogP contribution in [-0.4, -0.2) is 6.54 Å². The number of hydrogen-bond acceptors (Lipinski definition) is 1. The van der Waals surface area contributed by atoms with E-state index in [0.717, 1.165) is 23.9 Å². The number of halogens is 2. The maximum Gasteiger partial charge on any atom is 0.159 e. The molecule has 0 saturated heterocycles. The largest absolute Gasteiger partial charge is 0.312 e. The molecule has 1 fully saturated rings. The Morgan fingerprint density at radius 2 is 1.94 bits per heavy atom. The molecule has 2 atom stereocenters. The fourth-order valence-electron chi connectivity index (χ4n) is 2.75. The van der Waals surface area contributed by atoms with Gasteiger partial charge in [0.15, 0.2) is 11.6 Å². The second-order valence-electron chi connectivity index (χ2n) is 5.40. The summed E-state index contributed by atoms with van der Waals surface area (Å²) < 4.78 is 25.8. The van der Waals surface area contributed by atoms with E-state index in [1.807, 2.05) is 0 Å². The van der Waals surface area contributed by atoms with E-state index in [9.17, 15) is 8.78 Å². The normalized spacial score (nSPS) is 24.2. The van der Waals surface area contributed by atoms with Crippen LogP contribution in [0.2, 0.25) is 0 Å². The van der Waals surface area contributed by atoms with Gasteiger partial charge >= 0.3 is 0 Å². The van der Waals surface area contributed by atoms with Gasteiger partial charge in [0.05, 0.1) is 0 Å². The van der Waals surface area contributed by atoms with Gasteiger partial charge in [0.2, 0.25) is 0 Å². The molecular formula is C15H21F2N. The summed E-state index contributed by atoms with van der Waals surface area (Å²) in [4.78, 5) is 0.